The van der Waals surface area contributed by atoms with Gasteiger partial charge in [-0.2, -0.15) is 0 Å². The minimum absolute atomic E-state index is 0.107. The van der Waals surface area contributed by atoms with Crippen molar-refractivity contribution in [2.45, 2.75) is 13.5 Å². The number of esters is 1. The summed E-state index contributed by atoms with van der Waals surface area (Å²) in [5.41, 5.74) is 1.76. The fourth-order valence-corrected chi connectivity index (χ4v) is 2.29. The number of nitrogens with one attached hydrogen (secondary N) is 1. The van der Waals surface area contributed by atoms with E-state index < -0.39 is 5.97 Å². The van der Waals surface area contributed by atoms with E-state index in [-0.39, 0.29) is 18.2 Å². The Bertz CT molecular complexity index is 726. The van der Waals surface area contributed by atoms with E-state index in [4.69, 9.17) is 4.74 Å². The summed E-state index contributed by atoms with van der Waals surface area (Å²) in [6, 6.07) is 16.7. The molecule has 118 valence electrons. The highest BCUT2D eigenvalue weighted by molar-refractivity contribution is 9.10. The molecule has 1 amide bonds. The number of amides is 1. The lowest BCUT2D eigenvalue weighted by Crippen LogP contribution is -2.26. The maximum absolute atomic E-state index is 12.2. The van der Waals surface area contributed by atoms with E-state index >= 15 is 0 Å². The van der Waals surface area contributed by atoms with Crippen molar-refractivity contribution < 1.29 is 14.3 Å². The average Bonchev–Trinajstić information content (AvgIpc) is 2.54. The molecule has 1 N–H and O–H groups in total. The molecule has 0 unspecified atom stereocenters. The van der Waals surface area contributed by atoms with Crippen LogP contribution in [0.3, 0.4) is 0 Å². The van der Waals surface area contributed by atoms with Crippen molar-refractivity contribution in [3.05, 3.63) is 75.9 Å². The van der Waals surface area contributed by atoms with Crippen LogP contribution in [0.15, 0.2) is 64.8 Å². The molecule has 23 heavy (non-hydrogen) atoms. The van der Waals surface area contributed by atoms with E-state index in [1.165, 1.54) is 6.92 Å². The maximum Gasteiger partial charge on any atom is 0.355 e. The van der Waals surface area contributed by atoms with Gasteiger partial charge in [-0.15, -0.1) is 0 Å². The van der Waals surface area contributed by atoms with Gasteiger partial charge in [-0.25, -0.2) is 4.79 Å². The van der Waals surface area contributed by atoms with Gasteiger partial charge in [0.05, 0.1) is 0 Å². The first-order valence-corrected chi connectivity index (χ1v) is 7.80. The van der Waals surface area contributed by atoms with Crippen molar-refractivity contribution in [1.29, 1.82) is 0 Å². The quantitative estimate of drug-likeness (QED) is 0.642. The molecule has 0 aromatic heterocycles. The standard InChI is InChI=1S/C18H16BrNO3/c1-13(21)20-17(11-14-7-3-2-4-8-14)18(22)23-12-15-9-5-6-10-16(15)19/h2-11H,12H2,1H3,(H,20,21)/b17-11-. The monoisotopic (exact) mass is 373 g/mol. The van der Waals surface area contributed by atoms with Crippen LogP contribution in [0.1, 0.15) is 18.1 Å². The molecule has 2 aromatic carbocycles. The van der Waals surface area contributed by atoms with Crippen molar-refractivity contribution in [2.24, 2.45) is 0 Å². The first kappa shape index (κ1) is 17.0. The van der Waals surface area contributed by atoms with E-state index in [9.17, 15) is 9.59 Å². The summed E-state index contributed by atoms with van der Waals surface area (Å²) in [6.07, 6.45) is 1.59. The highest BCUT2D eigenvalue weighted by Gasteiger charge is 2.13. The molecule has 0 aliphatic heterocycles. The third kappa shape index (κ3) is 5.38. The molecule has 0 atom stereocenters. The number of halogens is 1. The molecule has 0 aliphatic carbocycles. The van der Waals surface area contributed by atoms with Crippen LogP contribution < -0.4 is 5.32 Å². The number of carbonyl (C=O) groups excluding carboxylic acids is 2. The van der Waals surface area contributed by atoms with Crippen LogP contribution in [0.2, 0.25) is 0 Å². The van der Waals surface area contributed by atoms with Crippen LogP contribution in [0.4, 0.5) is 0 Å². The second kappa shape index (κ2) is 8.29. The predicted octanol–water partition coefficient (Wildman–Crippen LogP) is 3.67. The molecule has 0 radical (unpaired) electrons. The zero-order valence-electron chi connectivity index (χ0n) is 12.6. The van der Waals surface area contributed by atoms with E-state index in [0.29, 0.717) is 0 Å². The third-order valence-corrected chi connectivity index (χ3v) is 3.73. The molecule has 5 heteroatoms. The first-order chi connectivity index (χ1) is 11.1. The number of hydrogen-bond donors (Lipinski definition) is 1. The molecule has 0 bridgehead atoms. The Hall–Kier alpha value is -2.40. The topological polar surface area (TPSA) is 55.4 Å². The summed E-state index contributed by atoms with van der Waals surface area (Å²) in [4.78, 5) is 23.6. The van der Waals surface area contributed by atoms with Crippen LogP contribution in [-0.2, 0) is 20.9 Å². The van der Waals surface area contributed by atoms with E-state index in [2.05, 4.69) is 21.2 Å². The summed E-state index contributed by atoms with van der Waals surface area (Å²) in [5.74, 6) is -0.912. The molecule has 0 fully saturated rings. The molecule has 0 saturated heterocycles. The summed E-state index contributed by atoms with van der Waals surface area (Å²) in [7, 11) is 0. The molecule has 0 aliphatic rings. The maximum atomic E-state index is 12.2. The second-order valence-electron chi connectivity index (χ2n) is 4.82. The van der Waals surface area contributed by atoms with Crippen LogP contribution in [0, 0.1) is 0 Å². The molecule has 0 spiro atoms. The smallest absolute Gasteiger partial charge is 0.355 e. The Labute approximate surface area is 143 Å². The van der Waals surface area contributed by atoms with Gasteiger partial charge in [0, 0.05) is 17.0 Å². The Morgan fingerprint density at radius 2 is 1.74 bits per heavy atom. The van der Waals surface area contributed by atoms with E-state index in [1.807, 2.05) is 54.6 Å². The summed E-state index contributed by atoms with van der Waals surface area (Å²) in [6.45, 7) is 1.46. The van der Waals surface area contributed by atoms with Crippen molar-refractivity contribution in [3.63, 3.8) is 0 Å². The number of benzene rings is 2. The van der Waals surface area contributed by atoms with Crippen molar-refractivity contribution in [1.82, 2.24) is 5.32 Å². The molecular weight excluding hydrogens is 358 g/mol. The van der Waals surface area contributed by atoms with Crippen LogP contribution in [0.5, 0.6) is 0 Å². The number of hydrogen-bond acceptors (Lipinski definition) is 3. The zero-order chi connectivity index (χ0) is 16.7. The summed E-state index contributed by atoms with van der Waals surface area (Å²) < 4.78 is 6.15. The van der Waals surface area contributed by atoms with Gasteiger partial charge in [-0.3, -0.25) is 4.79 Å². The molecule has 2 aromatic rings. The summed E-state index contributed by atoms with van der Waals surface area (Å²) in [5, 5.41) is 2.51. The minimum Gasteiger partial charge on any atom is -0.456 e. The van der Waals surface area contributed by atoms with Crippen LogP contribution in [0.25, 0.3) is 6.08 Å². The normalized spacial score (nSPS) is 11.0. The van der Waals surface area contributed by atoms with Gasteiger partial charge >= 0.3 is 5.97 Å². The van der Waals surface area contributed by atoms with Crippen molar-refractivity contribution >= 4 is 33.9 Å². The van der Waals surface area contributed by atoms with Gasteiger partial charge in [0.2, 0.25) is 5.91 Å². The number of carbonyl (C=O) groups is 2. The Morgan fingerprint density at radius 1 is 1.09 bits per heavy atom. The van der Waals surface area contributed by atoms with Crippen LogP contribution in [-0.4, -0.2) is 11.9 Å². The minimum atomic E-state index is -0.584. The molecule has 4 nitrogen and oxygen atoms in total. The molecule has 0 saturated carbocycles. The first-order valence-electron chi connectivity index (χ1n) is 7.01. The molecular formula is C18H16BrNO3. The van der Waals surface area contributed by atoms with Gasteiger partial charge in [0.15, 0.2) is 0 Å². The lowest BCUT2D eigenvalue weighted by Gasteiger charge is -2.10. The second-order valence-corrected chi connectivity index (χ2v) is 5.67. The fourth-order valence-electron chi connectivity index (χ4n) is 1.89. The zero-order valence-corrected chi connectivity index (χ0v) is 14.2. The lowest BCUT2D eigenvalue weighted by molar-refractivity contribution is -0.141. The predicted molar refractivity (Wildman–Crippen MR) is 92.2 cm³/mol. The lowest BCUT2D eigenvalue weighted by atomic mass is 10.2. The number of rotatable bonds is 5. The highest BCUT2D eigenvalue weighted by atomic mass is 79.9. The van der Waals surface area contributed by atoms with E-state index in [0.717, 1.165) is 15.6 Å². The summed E-state index contributed by atoms with van der Waals surface area (Å²) >= 11 is 3.40. The molecule has 2 rings (SSSR count). The van der Waals surface area contributed by atoms with Gasteiger partial charge in [0.1, 0.15) is 12.3 Å². The van der Waals surface area contributed by atoms with E-state index in [1.54, 1.807) is 6.08 Å². The van der Waals surface area contributed by atoms with Gasteiger partial charge < -0.3 is 10.1 Å². The highest BCUT2D eigenvalue weighted by Crippen LogP contribution is 2.17. The van der Waals surface area contributed by atoms with Gasteiger partial charge in [-0.1, -0.05) is 64.5 Å². The largest absolute Gasteiger partial charge is 0.456 e. The Balaban J connectivity index is 2.12. The average molecular weight is 374 g/mol. The molecule has 0 heterocycles. The van der Waals surface area contributed by atoms with Crippen molar-refractivity contribution in [2.75, 3.05) is 0 Å². The third-order valence-electron chi connectivity index (χ3n) is 2.96. The Kier molecular flexibility index (Phi) is 6.11. The van der Waals surface area contributed by atoms with Gasteiger partial charge in [-0.05, 0) is 17.7 Å². The number of ether oxygens (including phenoxy) is 1. The SMILES string of the molecule is CC(=O)N/C(=C\c1ccccc1)C(=O)OCc1ccccc1Br. The van der Waals surface area contributed by atoms with Gasteiger partial charge in [0.25, 0.3) is 0 Å². The van der Waals surface area contributed by atoms with Crippen LogP contribution >= 0.6 is 15.9 Å². The Morgan fingerprint density at radius 3 is 2.39 bits per heavy atom. The van der Waals surface area contributed by atoms with Crippen molar-refractivity contribution in [3.8, 4) is 0 Å². The fraction of sp³-hybridized carbons (Fsp3) is 0.111.